The minimum absolute atomic E-state index is 0.0421. The maximum absolute atomic E-state index is 5.58. The summed E-state index contributed by atoms with van der Waals surface area (Å²) in [7, 11) is 1.79. The van der Waals surface area contributed by atoms with Crippen LogP contribution < -0.4 is 15.4 Å². The molecule has 6 nitrogen and oxygen atoms in total. The topological polar surface area (TPSA) is 72.0 Å². The number of nitrogens with zero attached hydrogens (tertiary/aromatic N) is 3. The molecule has 118 valence electrons. The average Bonchev–Trinajstić information content (AvgIpc) is 2.42. The molecule has 6 heteroatoms. The molecule has 21 heavy (non-hydrogen) atoms. The van der Waals surface area contributed by atoms with Gasteiger partial charge in [-0.05, 0) is 44.9 Å². The Morgan fingerprint density at radius 1 is 1.05 bits per heavy atom. The zero-order chi connectivity index (χ0) is 15.4. The highest BCUT2D eigenvalue weighted by Crippen LogP contribution is 2.30. The largest absolute Gasteiger partial charge is 0.461 e. The van der Waals surface area contributed by atoms with Crippen molar-refractivity contribution in [1.29, 1.82) is 0 Å². The molecular formula is C15H27N5O. The van der Waals surface area contributed by atoms with Gasteiger partial charge in [0.15, 0.2) is 0 Å². The van der Waals surface area contributed by atoms with E-state index in [2.05, 4.69) is 39.4 Å². The molecule has 3 unspecified atom stereocenters. The lowest BCUT2D eigenvalue weighted by Crippen LogP contribution is -2.31. The van der Waals surface area contributed by atoms with Gasteiger partial charge in [0, 0.05) is 13.1 Å². The fourth-order valence-corrected chi connectivity index (χ4v) is 2.66. The van der Waals surface area contributed by atoms with Crippen molar-refractivity contribution in [3.8, 4) is 6.01 Å². The fourth-order valence-electron chi connectivity index (χ4n) is 2.66. The molecular weight excluding hydrogens is 266 g/mol. The summed E-state index contributed by atoms with van der Waals surface area (Å²) >= 11 is 0. The van der Waals surface area contributed by atoms with Crippen LogP contribution in [-0.4, -0.2) is 34.1 Å². The third-order valence-corrected chi connectivity index (χ3v) is 4.11. The van der Waals surface area contributed by atoms with Crippen LogP contribution in [0.1, 0.15) is 47.0 Å². The number of ether oxygens (including phenoxy) is 1. The second kappa shape index (κ2) is 6.91. The average molecular weight is 293 g/mol. The molecule has 2 N–H and O–H groups in total. The molecule has 1 fully saturated rings. The van der Waals surface area contributed by atoms with E-state index in [1.807, 2.05) is 13.8 Å². The molecule has 0 spiro atoms. The van der Waals surface area contributed by atoms with Gasteiger partial charge in [0.2, 0.25) is 11.9 Å². The summed E-state index contributed by atoms with van der Waals surface area (Å²) < 4.78 is 5.58. The summed E-state index contributed by atoms with van der Waals surface area (Å²) in [6.07, 6.45) is 3.60. The maximum atomic E-state index is 5.58. The highest BCUT2D eigenvalue weighted by atomic mass is 16.5. The van der Waals surface area contributed by atoms with Crippen molar-refractivity contribution < 1.29 is 4.74 Å². The molecule has 0 amide bonds. The van der Waals surface area contributed by atoms with Crippen molar-refractivity contribution in [1.82, 2.24) is 15.0 Å². The van der Waals surface area contributed by atoms with Gasteiger partial charge in [0.1, 0.15) is 0 Å². The normalized spacial score (nSPS) is 25.7. The van der Waals surface area contributed by atoms with Crippen LogP contribution in [0.15, 0.2) is 0 Å². The van der Waals surface area contributed by atoms with Gasteiger partial charge < -0.3 is 15.4 Å². The lowest BCUT2D eigenvalue weighted by Gasteiger charge is -2.32. The molecule has 1 aromatic rings. The summed E-state index contributed by atoms with van der Waals surface area (Å²) in [5, 5.41) is 6.39. The van der Waals surface area contributed by atoms with Crippen molar-refractivity contribution in [2.24, 2.45) is 11.8 Å². The lowest BCUT2D eigenvalue weighted by molar-refractivity contribution is 0.222. The molecule has 1 heterocycles. The molecule has 2 rings (SSSR count). The summed E-state index contributed by atoms with van der Waals surface area (Å²) in [4.78, 5) is 13.0. The molecule has 1 aliphatic carbocycles. The Morgan fingerprint density at radius 2 is 1.76 bits per heavy atom. The molecule has 3 atom stereocenters. The van der Waals surface area contributed by atoms with E-state index in [9.17, 15) is 0 Å². The number of aromatic nitrogens is 3. The fraction of sp³-hybridized carbons (Fsp3) is 0.800. The standard InChI is InChI=1S/C15H27N5O/c1-9(2)21-15-19-13(16-5)18-14(20-15)17-12-7-6-10(3)11(4)8-12/h9-12H,6-8H2,1-5H3,(H2,16,17,18,19,20). The summed E-state index contributed by atoms with van der Waals surface area (Å²) in [6, 6.07) is 0.791. The summed E-state index contributed by atoms with van der Waals surface area (Å²) in [5.74, 6) is 2.65. The molecule has 0 radical (unpaired) electrons. The van der Waals surface area contributed by atoms with E-state index >= 15 is 0 Å². The second-order valence-electron chi connectivity index (χ2n) is 6.29. The van der Waals surface area contributed by atoms with E-state index in [-0.39, 0.29) is 6.10 Å². The first-order valence-corrected chi connectivity index (χ1v) is 7.85. The number of anilines is 2. The van der Waals surface area contributed by atoms with Crippen LogP contribution in [0.5, 0.6) is 6.01 Å². The van der Waals surface area contributed by atoms with E-state index < -0.39 is 0 Å². The van der Waals surface area contributed by atoms with E-state index in [0.29, 0.717) is 23.9 Å². The van der Waals surface area contributed by atoms with Crippen LogP contribution in [0.25, 0.3) is 0 Å². The number of rotatable bonds is 5. The summed E-state index contributed by atoms with van der Waals surface area (Å²) in [5.41, 5.74) is 0. The molecule has 1 aliphatic rings. The van der Waals surface area contributed by atoms with Gasteiger partial charge in [0.25, 0.3) is 0 Å². The van der Waals surface area contributed by atoms with Gasteiger partial charge in [0.05, 0.1) is 6.10 Å². The SMILES string of the molecule is CNc1nc(NC2CCC(C)C(C)C2)nc(OC(C)C)n1. The van der Waals surface area contributed by atoms with Crippen molar-refractivity contribution in [2.75, 3.05) is 17.7 Å². The highest BCUT2D eigenvalue weighted by molar-refractivity contribution is 5.36. The first-order valence-electron chi connectivity index (χ1n) is 7.85. The molecule has 0 aromatic carbocycles. The minimum atomic E-state index is 0.0421. The Morgan fingerprint density at radius 3 is 2.38 bits per heavy atom. The third kappa shape index (κ3) is 4.44. The van der Waals surface area contributed by atoms with Crippen LogP contribution in [0.3, 0.4) is 0 Å². The van der Waals surface area contributed by atoms with Gasteiger partial charge in [-0.2, -0.15) is 15.0 Å². The first kappa shape index (κ1) is 15.8. The Labute approximate surface area is 127 Å². The van der Waals surface area contributed by atoms with Crippen molar-refractivity contribution in [3.05, 3.63) is 0 Å². The molecule has 0 saturated heterocycles. The van der Waals surface area contributed by atoms with Crippen LogP contribution in [0, 0.1) is 11.8 Å². The Hall–Kier alpha value is -1.59. The van der Waals surface area contributed by atoms with Crippen LogP contribution in [-0.2, 0) is 0 Å². The van der Waals surface area contributed by atoms with E-state index in [4.69, 9.17) is 4.74 Å². The predicted molar refractivity (Wildman–Crippen MR) is 84.7 cm³/mol. The highest BCUT2D eigenvalue weighted by Gasteiger charge is 2.25. The van der Waals surface area contributed by atoms with Gasteiger partial charge in [-0.25, -0.2) is 0 Å². The molecule has 1 aromatic heterocycles. The zero-order valence-electron chi connectivity index (χ0n) is 13.7. The Bertz CT molecular complexity index is 465. The van der Waals surface area contributed by atoms with E-state index in [1.54, 1.807) is 7.05 Å². The van der Waals surface area contributed by atoms with Crippen LogP contribution >= 0.6 is 0 Å². The lowest BCUT2D eigenvalue weighted by atomic mass is 9.79. The van der Waals surface area contributed by atoms with Gasteiger partial charge >= 0.3 is 6.01 Å². The second-order valence-corrected chi connectivity index (χ2v) is 6.29. The Kier molecular flexibility index (Phi) is 5.20. The number of hydrogen-bond donors (Lipinski definition) is 2. The van der Waals surface area contributed by atoms with Crippen molar-refractivity contribution in [2.45, 2.75) is 59.1 Å². The summed E-state index contributed by atoms with van der Waals surface area (Å²) in [6.45, 7) is 8.57. The van der Waals surface area contributed by atoms with Crippen molar-refractivity contribution in [3.63, 3.8) is 0 Å². The molecule has 0 bridgehead atoms. The molecule has 1 saturated carbocycles. The number of hydrogen-bond acceptors (Lipinski definition) is 6. The third-order valence-electron chi connectivity index (χ3n) is 4.11. The van der Waals surface area contributed by atoms with Gasteiger partial charge in [-0.3, -0.25) is 0 Å². The van der Waals surface area contributed by atoms with Gasteiger partial charge in [-0.15, -0.1) is 0 Å². The Balaban J connectivity index is 2.08. The van der Waals surface area contributed by atoms with Gasteiger partial charge in [-0.1, -0.05) is 13.8 Å². The number of nitrogens with one attached hydrogen (secondary N) is 2. The van der Waals surface area contributed by atoms with E-state index in [0.717, 1.165) is 24.7 Å². The zero-order valence-corrected chi connectivity index (χ0v) is 13.7. The van der Waals surface area contributed by atoms with Crippen molar-refractivity contribution >= 4 is 11.9 Å². The smallest absolute Gasteiger partial charge is 0.323 e. The minimum Gasteiger partial charge on any atom is -0.461 e. The molecule has 0 aliphatic heterocycles. The van der Waals surface area contributed by atoms with Crippen LogP contribution in [0.4, 0.5) is 11.9 Å². The monoisotopic (exact) mass is 293 g/mol. The van der Waals surface area contributed by atoms with E-state index in [1.165, 1.54) is 6.42 Å². The predicted octanol–water partition coefficient (Wildman–Crippen LogP) is 2.94. The maximum Gasteiger partial charge on any atom is 0.323 e. The van der Waals surface area contributed by atoms with Crippen LogP contribution in [0.2, 0.25) is 0 Å². The first-order chi connectivity index (χ1) is 9.97. The quantitative estimate of drug-likeness (QED) is 0.869.